The Bertz CT molecular complexity index is 614. The monoisotopic (exact) mass is 286 g/mol. The van der Waals surface area contributed by atoms with Crippen molar-refractivity contribution in [3.63, 3.8) is 0 Å². The van der Waals surface area contributed by atoms with Crippen LogP contribution in [0.1, 0.15) is 27.9 Å². The van der Waals surface area contributed by atoms with Crippen molar-refractivity contribution in [2.24, 2.45) is 0 Å². The number of hydrogen-bond donors (Lipinski definition) is 2. The fourth-order valence-corrected chi connectivity index (χ4v) is 2.19. The molecule has 2 rings (SSSR count). The summed E-state index contributed by atoms with van der Waals surface area (Å²) >= 11 is 0. The van der Waals surface area contributed by atoms with E-state index in [0.29, 0.717) is 25.1 Å². The van der Waals surface area contributed by atoms with Gasteiger partial charge < -0.3 is 15.3 Å². The first-order valence-electron chi connectivity index (χ1n) is 6.87. The highest BCUT2D eigenvalue weighted by atomic mass is 16.2. The van der Waals surface area contributed by atoms with Crippen molar-refractivity contribution in [1.29, 1.82) is 0 Å². The first kappa shape index (κ1) is 15.1. The van der Waals surface area contributed by atoms with E-state index < -0.39 is 0 Å². The van der Waals surface area contributed by atoms with E-state index in [-0.39, 0.29) is 25.0 Å². The van der Waals surface area contributed by atoms with Crippen molar-refractivity contribution >= 4 is 11.8 Å². The summed E-state index contributed by atoms with van der Waals surface area (Å²) in [6.45, 7) is 3.02. The predicted molar refractivity (Wildman–Crippen MR) is 78.7 cm³/mol. The fraction of sp³-hybridized carbons (Fsp3) is 0.375. The van der Waals surface area contributed by atoms with E-state index in [1.54, 1.807) is 17.0 Å². The SMILES string of the molecule is Cc1cc(C#CCCO)cc(C(=O)N2CCNC(=O)C2)c1. The molecule has 110 valence electrons. The van der Waals surface area contributed by atoms with Crippen LogP contribution in [-0.4, -0.2) is 48.1 Å². The van der Waals surface area contributed by atoms with E-state index in [1.807, 2.05) is 13.0 Å². The molecular formula is C16H18N2O3. The minimum absolute atomic E-state index is 0.0213. The number of nitrogens with zero attached hydrogens (tertiary/aromatic N) is 1. The number of aliphatic hydroxyl groups is 1. The molecule has 0 radical (unpaired) electrons. The fourth-order valence-electron chi connectivity index (χ4n) is 2.19. The molecule has 1 fully saturated rings. The lowest BCUT2D eigenvalue weighted by atomic mass is 10.1. The predicted octanol–water partition coefficient (Wildman–Crippen LogP) is 0.301. The second-order valence-corrected chi connectivity index (χ2v) is 4.94. The van der Waals surface area contributed by atoms with Crippen molar-refractivity contribution in [2.75, 3.05) is 26.2 Å². The lowest BCUT2D eigenvalue weighted by Gasteiger charge is -2.26. The van der Waals surface area contributed by atoms with Crippen LogP contribution < -0.4 is 5.32 Å². The average Bonchev–Trinajstić information content (AvgIpc) is 2.46. The van der Waals surface area contributed by atoms with E-state index in [4.69, 9.17) is 5.11 Å². The van der Waals surface area contributed by atoms with Crippen LogP contribution in [0, 0.1) is 18.8 Å². The molecule has 1 heterocycles. The van der Waals surface area contributed by atoms with Gasteiger partial charge >= 0.3 is 0 Å². The number of benzene rings is 1. The molecule has 5 heteroatoms. The molecule has 1 aromatic rings. The van der Waals surface area contributed by atoms with Gasteiger partial charge in [-0.2, -0.15) is 0 Å². The van der Waals surface area contributed by atoms with Crippen molar-refractivity contribution in [1.82, 2.24) is 10.2 Å². The molecule has 0 spiro atoms. The molecule has 1 saturated heterocycles. The second kappa shape index (κ2) is 6.91. The van der Waals surface area contributed by atoms with Crippen LogP contribution in [-0.2, 0) is 4.79 Å². The smallest absolute Gasteiger partial charge is 0.254 e. The Morgan fingerprint density at radius 1 is 1.43 bits per heavy atom. The summed E-state index contributed by atoms with van der Waals surface area (Å²) in [6, 6.07) is 5.42. The van der Waals surface area contributed by atoms with E-state index in [1.165, 1.54) is 0 Å². The molecule has 0 aliphatic carbocycles. The number of carbonyl (C=O) groups is 2. The van der Waals surface area contributed by atoms with Gasteiger partial charge in [0.2, 0.25) is 5.91 Å². The van der Waals surface area contributed by atoms with Crippen molar-refractivity contribution in [3.05, 3.63) is 34.9 Å². The topological polar surface area (TPSA) is 69.6 Å². The summed E-state index contributed by atoms with van der Waals surface area (Å²) in [6.07, 6.45) is 0.406. The molecule has 0 aromatic heterocycles. The number of carbonyl (C=O) groups excluding carboxylic acids is 2. The van der Waals surface area contributed by atoms with Gasteiger partial charge in [-0.15, -0.1) is 0 Å². The van der Waals surface area contributed by atoms with Gasteiger partial charge in [0.25, 0.3) is 5.91 Å². The van der Waals surface area contributed by atoms with Crippen molar-refractivity contribution < 1.29 is 14.7 Å². The summed E-state index contributed by atoms with van der Waals surface area (Å²) < 4.78 is 0. The average molecular weight is 286 g/mol. The Morgan fingerprint density at radius 3 is 2.95 bits per heavy atom. The van der Waals surface area contributed by atoms with Gasteiger partial charge in [-0.05, 0) is 30.7 Å². The van der Waals surface area contributed by atoms with E-state index >= 15 is 0 Å². The quantitative estimate of drug-likeness (QED) is 0.768. The zero-order chi connectivity index (χ0) is 15.2. The molecule has 0 unspecified atom stereocenters. The highest BCUT2D eigenvalue weighted by Crippen LogP contribution is 2.12. The Morgan fingerprint density at radius 2 is 2.24 bits per heavy atom. The van der Waals surface area contributed by atoms with Crippen LogP contribution in [0.3, 0.4) is 0 Å². The molecule has 0 saturated carbocycles. The zero-order valence-corrected chi connectivity index (χ0v) is 12.0. The number of aliphatic hydroxyl groups excluding tert-OH is 1. The van der Waals surface area contributed by atoms with Gasteiger partial charge in [0.1, 0.15) is 0 Å². The summed E-state index contributed by atoms with van der Waals surface area (Å²) in [5.74, 6) is 5.49. The lowest BCUT2D eigenvalue weighted by molar-refractivity contribution is -0.123. The number of rotatable bonds is 2. The van der Waals surface area contributed by atoms with Gasteiger partial charge in [0.15, 0.2) is 0 Å². The maximum Gasteiger partial charge on any atom is 0.254 e. The van der Waals surface area contributed by atoms with Crippen molar-refractivity contribution in [2.45, 2.75) is 13.3 Å². The Kier molecular flexibility index (Phi) is 4.96. The van der Waals surface area contributed by atoms with Crippen LogP contribution in [0.25, 0.3) is 0 Å². The Labute approximate surface area is 124 Å². The summed E-state index contributed by atoms with van der Waals surface area (Å²) in [5, 5.41) is 11.4. The number of piperazine rings is 1. The molecule has 1 aliphatic rings. The van der Waals surface area contributed by atoms with E-state index in [0.717, 1.165) is 11.1 Å². The van der Waals surface area contributed by atoms with E-state index in [2.05, 4.69) is 17.2 Å². The number of aryl methyl sites for hydroxylation is 1. The summed E-state index contributed by atoms with van der Waals surface area (Å²) in [7, 11) is 0. The molecule has 0 bridgehead atoms. The molecule has 2 N–H and O–H groups in total. The largest absolute Gasteiger partial charge is 0.395 e. The molecule has 5 nitrogen and oxygen atoms in total. The second-order valence-electron chi connectivity index (χ2n) is 4.94. The zero-order valence-electron chi connectivity index (χ0n) is 12.0. The minimum atomic E-state index is -0.154. The number of amides is 2. The molecule has 0 atom stereocenters. The highest BCUT2D eigenvalue weighted by molar-refractivity contribution is 5.97. The molecular weight excluding hydrogens is 268 g/mol. The molecule has 1 aromatic carbocycles. The third-order valence-electron chi connectivity index (χ3n) is 3.12. The van der Waals surface area contributed by atoms with Crippen LogP contribution >= 0.6 is 0 Å². The van der Waals surface area contributed by atoms with Gasteiger partial charge in [-0.3, -0.25) is 9.59 Å². The Balaban J connectivity index is 2.21. The van der Waals surface area contributed by atoms with Crippen molar-refractivity contribution in [3.8, 4) is 11.8 Å². The highest BCUT2D eigenvalue weighted by Gasteiger charge is 2.22. The van der Waals surface area contributed by atoms with Crippen LogP contribution in [0.15, 0.2) is 18.2 Å². The lowest BCUT2D eigenvalue weighted by Crippen LogP contribution is -2.50. The molecule has 1 aliphatic heterocycles. The minimum Gasteiger partial charge on any atom is -0.395 e. The van der Waals surface area contributed by atoms with Crippen LogP contribution in [0.4, 0.5) is 0 Å². The molecule has 21 heavy (non-hydrogen) atoms. The normalized spacial score (nSPS) is 14.2. The molecule has 2 amide bonds. The van der Waals surface area contributed by atoms with Crippen LogP contribution in [0.2, 0.25) is 0 Å². The van der Waals surface area contributed by atoms with E-state index in [9.17, 15) is 9.59 Å². The summed E-state index contributed by atoms with van der Waals surface area (Å²) in [4.78, 5) is 25.3. The maximum absolute atomic E-state index is 12.4. The first-order chi connectivity index (χ1) is 10.1. The number of hydrogen-bond acceptors (Lipinski definition) is 3. The first-order valence-corrected chi connectivity index (χ1v) is 6.87. The third kappa shape index (κ3) is 4.07. The Hall–Kier alpha value is -2.32. The van der Waals surface area contributed by atoms with Gasteiger partial charge in [0.05, 0.1) is 13.2 Å². The van der Waals surface area contributed by atoms with Gasteiger partial charge in [-0.25, -0.2) is 0 Å². The van der Waals surface area contributed by atoms with Crippen LogP contribution in [0.5, 0.6) is 0 Å². The standard InChI is InChI=1S/C16H18N2O3/c1-12-8-13(4-2-3-7-19)10-14(9-12)16(21)18-6-5-17-15(20)11-18/h8-10,19H,3,5-7,11H2,1H3,(H,17,20). The number of nitrogens with one attached hydrogen (secondary N) is 1. The maximum atomic E-state index is 12.4. The van der Waals surface area contributed by atoms with Gasteiger partial charge in [0, 0.05) is 30.6 Å². The van der Waals surface area contributed by atoms with Gasteiger partial charge in [-0.1, -0.05) is 11.8 Å². The third-order valence-corrected chi connectivity index (χ3v) is 3.12. The summed E-state index contributed by atoms with van der Waals surface area (Å²) in [5.41, 5.74) is 2.22.